The fraction of sp³-hybridized carbons (Fsp3) is 0. The van der Waals surface area contributed by atoms with Gasteiger partial charge in [-0.3, -0.25) is 13.7 Å². The summed E-state index contributed by atoms with van der Waals surface area (Å²) >= 11 is 5.59. The standard InChI is InChI=1S/C40H24N4S.2C40H25N3S/c1-5-16-33-27(12-1)28-13-2-6-17-34(28)43(33)26-11-9-10-25(24-26)32-22-23-41-40(42-32)44-35-18-7-3-15-31(35)38-36(44)21-20-30-29-14-4-8-19-37(29)45-39(30)38;1-4-12-26(13-5-1)29-20-21-32-36(24-29)43(35-23-22-31-30-18-10-11-19-37(30)44-39(31)38(32)35)40-41-33(27-14-6-2-7-15-27)25-34(42-40)28-16-8-3-9-17-28;1-3-12-26(13-4-1)34-25-35(27-14-5-2-6-15-27)42-40(41-34)43-36-20-9-7-16-30(36)33-24-28(22-23-37(33)43)29-18-11-19-32-31-17-8-10-21-38(31)44-39(29)32/h1-24H;2*1-25H. The van der Waals surface area contributed by atoms with Crippen molar-refractivity contribution < 1.29 is 0 Å². The number of fused-ring (bicyclic) bond motifs is 23. The van der Waals surface area contributed by atoms with Crippen molar-refractivity contribution in [2.45, 2.75) is 0 Å². The van der Waals surface area contributed by atoms with E-state index in [9.17, 15) is 0 Å². The Balaban J connectivity index is 0.000000104. The summed E-state index contributed by atoms with van der Waals surface area (Å²) in [5.74, 6) is 1.99. The maximum absolute atomic E-state index is 5.25. The predicted octanol–water partition coefficient (Wildman–Crippen LogP) is 32.6. The predicted molar refractivity (Wildman–Crippen MR) is 560 cm³/mol. The summed E-state index contributed by atoms with van der Waals surface area (Å²) in [7, 11) is 0. The monoisotopic (exact) mass is 1750 g/mol. The number of para-hydroxylation sites is 4. The van der Waals surface area contributed by atoms with Crippen molar-refractivity contribution in [3.63, 3.8) is 0 Å². The van der Waals surface area contributed by atoms with Crippen molar-refractivity contribution in [1.82, 2.24) is 48.2 Å². The highest BCUT2D eigenvalue weighted by atomic mass is 32.1. The van der Waals surface area contributed by atoms with Gasteiger partial charge in [-0.2, -0.15) is 0 Å². The topological polar surface area (TPSA) is 97.1 Å². The molecule has 28 rings (SSSR count). The minimum absolute atomic E-state index is 0.663. The van der Waals surface area contributed by atoms with Crippen LogP contribution in [0.4, 0.5) is 0 Å². The highest BCUT2D eigenvalue weighted by molar-refractivity contribution is 7.27. The molecule has 10 aromatic heterocycles. The molecule has 28 aromatic rings. The fourth-order valence-electron chi connectivity index (χ4n) is 19.8. The van der Waals surface area contributed by atoms with Gasteiger partial charge in [0.1, 0.15) is 0 Å². The molecule has 0 aliphatic carbocycles. The first-order valence-electron chi connectivity index (χ1n) is 44.6. The second-order valence-corrected chi connectivity index (χ2v) is 36.7. The Morgan fingerprint density at radius 2 is 0.519 bits per heavy atom. The van der Waals surface area contributed by atoms with Gasteiger partial charge in [0.25, 0.3) is 0 Å². The van der Waals surface area contributed by atoms with E-state index in [2.05, 4.69) is 431 Å². The van der Waals surface area contributed by atoms with Crippen molar-refractivity contribution in [3.05, 3.63) is 449 Å². The average molecular weight is 1750 g/mol. The molecule has 13 heteroatoms. The van der Waals surface area contributed by atoms with Crippen LogP contribution in [-0.4, -0.2) is 48.2 Å². The maximum Gasteiger partial charge on any atom is 0.235 e. The molecule has 0 aliphatic rings. The van der Waals surface area contributed by atoms with Gasteiger partial charge >= 0.3 is 0 Å². The summed E-state index contributed by atoms with van der Waals surface area (Å²) in [6, 6.07) is 157. The van der Waals surface area contributed by atoms with Crippen molar-refractivity contribution in [1.29, 1.82) is 0 Å². The van der Waals surface area contributed by atoms with Crippen LogP contribution in [0.1, 0.15) is 0 Å². The molecule has 0 fully saturated rings. The van der Waals surface area contributed by atoms with E-state index in [4.69, 9.17) is 29.9 Å². The molecule has 0 radical (unpaired) electrons. The van der Waals surface area contributed by atoms with E-state index in [0.29, 0.717) is 17.8 Å². The van der Waals surface area contributed by atoms with Crippen LogP contribution in [0, 0.1) is 0 Å². The first-order valence-corrected chi connectivity index (χ1v) is 47.1. The molecule has 10 nitrogen and oxygen atoms in total. The molecule has 0 atom stereocenters. The second-order valence-electron chi connectivity index (χ2n) is 33.5. The molecule has 10 heterocycles. The number of rotatable bonds is 11. The lowest BCUT2D eigenvalue weighted by molar-refractivity contribution is 0.992. The van der Waals surface area contributed by atoms with Gasteiger partial charge in [0.15, 0.2) is 0 Å². The third kappa shape index (κ3) is 13.2. The van der Waals surface area contributed by atoms with Gasteiger partial charge in [0.2, 0.25) is 17.8 Å². The highest BCUT2D eigenvalue weighted by Crippen LogP contribution is 2.49. The molecule has 0 amide bonds. The van der Waals surface area contributed by atoms with Crippen LogP contribution in [0.2, 0.25) is 0 Å². The van der Waals surface area contributed by atoms with Crippen molar-refractivity contribution in [3.8, 4) is 102 Å². The van der Waals surface area contributed by atoms with E-state index in [1.54, 1.807) is 0 Å². The zero-order valence-corrected chi connectivity index (χ0v) is 73.9. The molecule has 18 aromatic carbocycles. The van der Waals surface area contributed by atoms with Crippen molar-refractivity contribution >= 4 is 182 Å². The molecule has 0 spiro atoms. The Bertz CT molecular complexity index is 9310. The number of nitrogens with zero attached hydrogens (tertiary/aromatic N) is 10. The van der Waals surface area contributed by atoms with Crippen molar-refractivity contribution in [2.75, 3.05) is 0 Å². The summed E-state index contributed by atoms with van der Waals surface area (Å²) in [5.41, 5.74) is 24.7. The molecular weight excluding hydrogens is 1680 g/mol. The van der Waals surface area contributed by atoms with Gasteiger partial charge in [-0.1, -0.05) is 340 Å². The van der Waals surface area contributed by atoms with Crippen LogP contribution in [0.25, 0.3) is 250 Å². The van der Waals surface area contributed by atoms with Crippen LogP contribution >= 0.6 is 34.0 Å². The normalized spacial score (nSPS) is 11.8. The summed E-state index contributed by atoms with van der Waals surface area (Å²) in [6.07, 6.45) is 1.88. The second kappa shape index (κ2) is 32.1. The van der Waals surface area contributed by atoms with Crippen molar-refractivity contribution in [2.24, 2.45) is 0 Å². The molecule has 0 bridgehead atoms. The lowest BCUT2D eigenvalue weighted by Gasteiger charge is -2.12. The number of benzene rings is 18. The van der Waals surface area contributed by atoms with E-state index in [1.165, 1.54) is 131 Å². The van der Waals surface area contributed by atoms with E-state index in [1.807, 2.05) is 70.5 Å². The van der Waals surface area contributed by atoms with Crippen LogP contribution in [0.5, 0.6) is 0 Å². The summed E-state index contributed by atoms with van der Waals surface area (Å²) in [5, 5.41) is 17.6. The highest BCUT2D eigenvalue weighted by Gasteiger charge is 2.26. The Morgan fingerprint density at radius 3 is 1.03 bits per heavy atom. The van der Waals surface area contributed by atoms with Crippen LogP contribution in [0.15, 0.2) is 449 Å². The average Bonchev–Trinajstić information content (AvgIpc) is 1.56. The lowest BCUT2D eigenvalue weighted by atomic mass is 10.0. The van der Waals surface area contributed by atoms with Crippen LogP contribution in [0.3, 0.4) is 0 Å². The lowest BCUT2D eigenvalue weighted by Crippen LogP contribution is -2.04. The Labute approximate surface area is 775 Å². The van der Waals surface area contributed by atoms with E-state index in [-0.39, 0.29) is 0 Å². The van der Waals surface area contributed by atoms with Gasteiger partial charge < -0.3 is 4.57 Å². The Hall–Kier alpha value is -16.9. The van der Waals surface area contributed by atoms with Gasteiger partial charge in [-0.05, 0) is 125 Å². The number of hydrogen-bond donors (Lipinski definition) is 0. The Morgan fingerprint density at radius 1 is 0.173 bits per heavy atom. The van der Waals surface area contributed by atoms with Gasteiger partial charge in [-0.15, -0.1) is 34.0 Å². The Kier molecular flexibility index (Phi) is 18.6. The number of aromatic nitrogens is 10. The van der Waals surface area contributed by atoms with Gasteiger partial charge in [-0.25, -0.2) is 29.9 Å². The van der Waals surface area contributed by atoms with E-state index in [0.717, 1.165) is 101 Å². The number of thiophene rings is 3. The molecule has 0 saturated carbocycles. The quantitative estimate of drug-likeness (QED) is 0.128. The molecule has 0 N–H and O–H groups in total. The third-order valence-electron chi connectivity index (χ3n) is 25.9. The first kappa shape index (κ1) is 77.2. The zero-order valence-electron chi connectivity index (χ0n) is 71.4. The molecule has 0 aliphatic heterocycles. The fourth-order valence-corrected chi connectivity index (χ4v) is 23.6. The van der Waals surface area contributed by atoms with E-state index >= 15 is 0 Å². The third-order valence-corrected chi connectivity index (χ3v) is 29.5. The minimum Gasteiger partial charge on any atom is -0.309 e. The minimum atomic E-state index is 0.663. The molecule has 0 saturated heterocycles. The van der Waals surface area contributed by atoms with Crippen LogP contribution < -0.4 is 0 Å². The summed E-state index contributed by atoms with van der Waals surface area (Å²) in [6.45, 7) is 0. The smallest absolute Gasteiger partial charge is 0.235 e. The zero-order chi connectivity index (χ0) is 87.6. The maximum atomic E-state index is 5.25. The number of hydrogen-bond acceptors (Lipinski definition) is 9. The SMILES string of the molecule is c1cc(-c2ccnc(-n3c4ccccc4c4c5sc6ccccc6c5ccc43)n2)cc(-n2c3ccccc3c3ccccc32)c1.c1ccc(-c2cc(-c3ccccc3)nc(-n3c4ccccc4c4cc(-c5cccc6c5sc5ccccc56)ccc43)n2)cc1.c1ccc(-c2ccc3c4c5sc6ccccc6c5ccc4n(-c4nc(-c5ccccc5)cc(-c5ccccc5)n4)c3c2)cc1. The molecular formula is C120H74N10S3. The van der Waals surface area contributed by atoms with Gasteiger partial charge in [0.05, 0.1) is 72.6 Å². The summed E-state index contributed by atoms with van der Waals surface area (Å²) in [4.78, 5) is 30.9. The largest absolute Gasteiger partial charge is 0.309 e. The molecule has 0 unspecified atom stereocenters. The van der Waals surface area contributed by atoms with Gasteiger partial charge in [0, 0.05) is 143 Å². The molecule has 622 valence electrons. The molecule has 133 heavy (non-hydrogen) atoms. The van der Waals surface area contributed by atoms with E-state index < -0.39 is 0 Å². The first-order chi connectivity index (χ1) is 66.0. The summed E-state index contributed by atoms with van der Waals surface area (Å²) < 4.78 is 16.9. The van der Waals surface area contributed by atoms with Crippen LogP contribution in [-0.2, 0) is 0 Å².